The van der Waals surface area contributed by atoms with Crippen molar-refractivity contribution in [3.63, 3.8) is 0 Å². The highest BCUT2D eigenvalue weighted by Gasteiger charge is 2.38. The van der Waals surface area contributed by atoms with E-state index in [1.54, 1.807) is 0 Å². The fourth-order valence-corrected chi connectivity index (χ4v) is 8.49. The van der Waals surface area contributed by atoms with E-state index < -0.39 is 0 Å². The molecule has 4 nitrogen and oxygen atoms in total. The molecule has 246 valence electrons. The Morgan fingerprint density at radius 3 is 1.20 bits per heavy atom. The van der Waals surface area contributed by atoms with Gasteiger partial charge < -0.3 is 9.97 Å². The predicted molar refractivity (Wildman–Crippen MR) is 196 cm³/mol. The molecule has 0 saturated carbocycles. The molecule has 4 heterocycles. The lowest BCUT2D eigenvalue weighted by molar-refractivity contribution is 0.122. The minimum atomic E-state index is 0.495. The van der Waals surface area contributed by atoms with Crippen molar-refractivity contribution < 1.29 is 0 Å². The second kappa shape index (κ2) is 14.0. The van der Waals surface area contributed by atoms with Crippen LogP contribution in [-0.2, 0) is 13.1 Å². The van der Waals surface area contributed by atoms with E-state index in [0.717, 1.165) is 13.1 Å². The summed E-state index contributed by atoms with van der Waals surface area (Å²) in [4.78, 5) is 13.3. The van der Waals surface area contributed by atoms with Crippen LogP contribution < -0.4 is 0 Å². The summed E-state index contributed by atoms with van der Waals surface area (Å²) >= 11 is 0. The van der Waals surface area contributed by atoms with E-state index in [0.29, 0.717) is 35.8 Å². The third kappa shape index (κ3) is 6.66. The molecule has 6 rings (SSSR count). The van der Waals surface area contributed by atoms with Crippen LogP contribution in [0.1, 0.15) is 138 Å². The van der Waals surface area contributed by atoms with Crippen LogP contribution in [0.4, 0.5) is 0 Å². The van der Waals surface area contributed by atoms with Crippen LogP contribution in [0.2, 0.25) is 0 Å². The van der Waals surface area contributed by atoms with Crippen molar-refractivity contribution in [2.75, 3.05) is 13.1 Å². The average molecular weight is 619 g/mol. The Labute approximate surface area is 279 Å². The number of rotatable bonds is 11. The predicted octanol–water partition coefficient (Wildman–Crippen LogP) is 10.8. The fourth-order valence-electron chi connectivity index (χ4n) is 8.49. The summed E-state index contributed by atoms with van der Waals surface area (Å²) in [5, 5.41) is 0. The molecule has 0 radical (unpaired) electrons. The van der Waals surface area contributed by atoms with E-state index in [1.807, 2.05) is 0 Å². The van der Waals surface area contributed by atoms with Crippen molar-refractivity contribution in [1.82, 2.24) is 19.8 Å². The second-order valence-corrected chi connectivity index (χ2v) is 15.4. The smallest absolute Gasteiger partial charge is 0.0462 e. The Morgan fingerprint density at radius 2 is 0.870 bits per heavy atom. The van der Waals surface area contributed by atoms with Gasteiger partial charge in [0, 0.05) is 59.1 Å². The molecule has 2 N–H and O–H groups in total. The van der Waals surface area contributed by atoms with Gasteiger partial charge in [0.05, 0.1) is 0 Å². The van der Waals surface area contributed by atoms with Gasteiger partial charge in [-0.1, -0.05) is 91.8 Å². The van der Waals surface area contributed by atoms with E-state index in [2.05, 4.69) is 136 Å². The summed E-state index contributed by atoms with van der Waals surface area (Å²) in [7, 11) is 0. The lowest BCUT2D eigenvalue weighted by Crippen LogP contribution is -2.45. The van der Waals surface area contributed by atoms with Gasteiger partial charge in [-0.15, -0.1) is 0 Å². The molecule has 2 fully saturated rings. The third-order valence-electron chi connectivity index (χ3n) is 10.8. The number of H-pyrrole nitrogens is 2. The SMILES string of the molecule is CC(C)c1cccc(C(C)C)c1-c1ccc(CN2CCC[C@H]2[C@@H]2CCCN2Cc2ccc(-c3c(C(C)C)cccc3C(C)C)[nH]2)[nH]1. The largest absolute Gasteiger partial charge is 0.357 e. The number of likely N-dealkylation sites (tertiary alicyclic amines) is 2. The molecule has 0 aliphatic carbocycles. The topological polar surface area (TPSA) is 38.1 Å². The first-order valence-electron chi connectivity index (χ1n) is 18.2. The number of hydrogen-bond donors (Lipinski definition) is 2. The van der Waals surface area contributed by atoms with Gasteiger partial charge in [-0.25, -0.2) is 0 Å². The molecule has 2 aromatic heterocycles. The van der Waals surface area contributed by atoms with E-state index in [4.69, 9.17) is 0 Å². The molecule has 4 heteroatoms. The number of benzene rings is 2. The van der Waals surface area contributed by atoms with Gasteiger partial charge in [0.1, 0.15) is 0 Å². The summed E-state index contributed by atoms with van der Waals surface area (Å²) in [5.74, 6) is 1.98. The number of aromatic nitrogens is 2. The van der Waals surface area contributed by atoms with Crippen molar-refractivity contribution in [2.24, 2.45) is 0 Å². The summed E-state index contributed by atoms with van der Waals surface area (Å²) in [6.07, 6.45) is 5.20. The average Bonchev–Trinajstić information content (AvgIpc) is 3.85. The van der Waals surface area contributed by atoms with Crippen LogP contribution in [0, 0.1) is 0 Å². The number of aromatic amines is 2. The number of hydrogen-bond acceptors (Lipinski definition) is 2. The zero-order valence-corrected chi connectivity index (χ0v) is 29.8. The highest BCUT2D eigenvalue weighted by molar-refractivity contribution is 5.71. The van der Waals surface area contributed by atoms with Gasteiger partial charge in [-0.3, -0.25) is 9.80 Å². The van der Waals surface area contributed by atoms with Crippen molar-refractivity contribution in [3.8, 4) is 22.5 Å². The van der Waals surface area contributed by atoms with Crippen LogP contribution in [0.15, 0.2) is 60.7 Å². The lowest BCUT2D eigenvalue weighted by Gasteiger charge is -2.34. The molecule has 4 aromatic rings. The van der Waals surface area contributed by atoms with E-state index >= 15 is 0 Å². The second-order valence-electron chi connectivity index (χ2n) is 15.4. The molecule has 0 amide bonds. The van der Waals surface area contributed by atoms with Crippen LogP contribution in [-0.4, -0.2) is 44.9 Å². The molecule has 2 aromatic carbocycles. The molecule has 0 unspecified atom stereocenters. The molecule has 0 bridgehead atoms. The van der Waals surface area contributed by atoms with Gasteiger partial charge in [-0.05, 0) is 109 Å². The Kier molecular flexibility index (Phi) is 9.96. The van der Waals surface area contributed by atoms with Crippen LogP contribution >= 0.6 is 0 Å². The molecular formula is C42H58N4. The fraction of sp³-hybridized carbons (Fsp3) is 0.524. The molecule has 0 spiro atoms. The molecular weight excluding hydrogens is 560 g/mol. The standard InChI is InChI=1S/C42H58N4/c1-27(2)33-13-9-14-34(28(3)4)41(33)37-21-19-31(43-37)25-45-23-11-17-39(45)40-18-12-24-46(40)26-32-20-22-38(44-32)42-35(29(5)6)15-10-16-36(42)30(7)8/h9-10,13-16,19-22,27-30,39-40,43-44H,11-12,17-18,23-26H2,1-8H3/t39-,40-/m0/s1. The number of nitrogens with one attached hydrogen (secondary N) is 2. The van der Waals surface area contributed by atoms with Gasteiger partial charge >= 0.3 is 0 Å². The minimum Gasteiger partial charge on any atom is -0.357 e. The van der Waals surface area contributed by atoms with Crippen LogP contribution in [0.3, 0.4) is 0 Å². The number of nitrogens with zero attached hydrogens (tertiary/aromatic N) is 2. The van der Waals surface area contributed by atoms with Gasteiger partial charge in [0.15, 0.2) is 0 Å². The van der Waals surface area contributed by atoms with Crippen molar-refractivity contribution in [2.45, 2.75) is 130 Å². The Morgan fingerprint density at radius 1 is 0.522 bits per heavy atom. The maximum absolute atomic E-state index is 3.89. The highest BCUT2D eigenvalue weighted by atomic mass is 15.3. The van der Waals surface area contributed by atoms with E-state index in [1.165, 1.54) is 94.9 Å². The first-order chi connectivity index (χ1) is 22.1. The van der Waals surface area contributed by atoms with Gasteiger partial charge in [-0.2, -0.15) is 0 Å². The first kappa shape index (κ1) is 32.8. The van der Waals surface area contributed by atoms with E-state index in [9.17, 15) is 0 Å². The summed E-state index contributed by atoms with van der Waals surface area (Å²) < 4.78 is 0. The zero-order chi connectivity index (χ0) is 32.5. The van der Waals surface area contributed by atoms with E-state index in [-0.39, 0.29) is 0 Å². The van der Waals surface area contributed by atoms with Crippen molar-refractivity contribution >= 4 is 0 Å². The van der Waals surface area contributed by atoms with Gasteiger partial charge in [0.25, 0.3) is 0 Å². The Bertz CT molecular complexity index is 1430. The Hall–Kier alpha value is -3.08. The zero-order valence-electron chi connectivity index (χ0n) is 29.8. The summed E-state index contributed by atoms with van der Waals surface area (Å²) in [6.45, 7) is 22.9. The third-order valence-corrected chi connectivity index (χ3v) is 10.8. The lowest BCUT2D eigenvalue weighted by atomic mass is 9.87. The quantitative estimate of drug-likeness (QED) is 0.175. The van der Waals surface area contributed by atoms with Crippen molar-refractivity contribution in [1.29, 1.82) is 0 Å². The normalized spacial score (nSPS) is 19.6. The monoisotopic (exact) mass is 618 g/mol. The van der Waals surface area contributed by atoms with Crippen molar-refractivity contribution in [3.05, 3.63) is 94.3 Å². The minimum absolute atomic E-state index is 0.495. The molecule has 2 aliphatic rings. The molecule has 2 aliphatic heterocycles. The summed E-state index contributed by atoms with van der Waals surface area (Å²) in [6, 6.07) is 24.3. The molecule has 2 atom stereocenters. The maximum Gasteiger partial charge on any atom is 0.0462 e. The van der Waals surface area contributed by atoms with Gasteiger partial charge in [0.2, 0.25) is 0 Å². The maximum atomic E-state index is 3.89. The summed E-state index contributed by atoms with van der Waals surface area (Å²) in [5.41, 5.74) is 13.9. The molecule has 46 heavy (non-hydrogen) atoms. The highest BCUT2D eigenvalue weighted by Crippen LogP contribution is 2.38. The first-order valence-corrected chi connectivity index (χ1v) is 18.2. The molecule has 2 saturated heterocycles. The van der Waals surface area contributed by atoms with Crippen LogP contribution in [0.25, 0.3) is 22.5 Å². The van der Waals surface area contributed by atoms with Crippen LogP contribution in [0.5, 0.6) is 0 Å². The Balaban J connectivity index is 1.18.